The van der Waals surface area contributed by atoms with E-state index in [9.17, 15) is 0 Å². The lowest BCUT2D eigenvalue weighted by Gasteiger charge is -2.16. The number of H-pyrrole nitrogens is 1. The summed E-state index contributed by atoms with van der Waals surface area (Å²) in [7, 11) is 3.41. The third-order valence-corrected chi connectivity index (χ3v) is 3.88. The van der Waals surface area contributed by atoms with Gasteiger partial charge in [0, 0.05) is 18.7 Å². The van der Waals surface area contributed by atoms with Gasteiger partial charge in [-0.05, 0) is 37.1 Å². The van der Waals surface area contributed by atoms with E-state index < -0.39 is 0 Å². The van der Waals surface area contributed by atoms with Crippen molar-refractivity contribution < 1.29 is 4.74 Å². The molecule has 0 saturated carbocycles. The molecule has 3 N–H and O–H groups in total. The van der Waals surface area contributed by atoms with Gasteiger partial charge in [-0.2, -0.15) is 5.10 Å². The second kappa shape index (κ2) is 9.40. The maximum atomic E-state index is 5.16. The number of guanidine groups is 1. The third-order valence-electron chi connectivity index (χ3n) is 3.88. The molecule has 2 aromatic rings. The molecule has 3 rings (SSSR count). The molecular weight excluding hydrogens is 431 g/mol. The number of ether oxygens (including phenoxy) is 1. The first-order valence-electron chi connectivity index (χ1n) is 7.96. The lowest BCUT2D eigenvalue weighted by Crippen LogP contribution is -2.42. The second-order valence-electron chi connectivity index (χ2n) is 5.54. The number of nitrogens with one attached hydrogen (secondary N) is 3. The Morgan fingerprint density at radius 3 is 2.64 bits per heavy atom. The van der Waals surface area contributed by atoms with Crippen molar-refractivity contribution in [1.29, 1.82) is 0 Å². The zero-order valence-electron chi connectivity index (χ0n) is 14.3. The Balaban J connectivity index is 0.00000225. The summed E-state index contributed by atoms with van der Waals surface area (Å²) in [6, 6.07) is 8.08. The van der Waals surface area contributed by atoms with Gasteiger partial charge in [0.15, 0.2) is 11.8 Å². The number of benzene rings is 1. The second-order valence-corrected chi connectivity index (χ2v) is 5.54. The van der Waals surface area contributed by atoms with Gasteiger partial charge in [-0.25, -0.2) is 4.98 Å². The van der Waals surface area contributed by atoms with Crippen molar-refractivity contribution in [3.05, 3.63) is 42.2 Å². The normalized spacial score (nSPS) is 14.2. The monoisotopic (exact) mass is 454 g/mol. The average Bonchev–Trinajstić information content (AvgIpc) is 3.30. The molecule has 8 heteroatoms. The van der Waals surface area contributed by atoms with Gasteiger partial charge >= 0.3 is 0 Å². The van der Waals surface area contributed by atoms with Gasteiger partial charge in [0.2, 0.25) is 0 Å². The predicted molar refractivity (Wildman–Crippen MR) is 109 cm³/mol. The Labute approximate surface area is 164 Å². The average molecular weight is 454 g/mol. The summed E-state index contributed by atoms with van der Waals surface area (Å²) in [5.41, 5.74) is 0.942. The van der Waals surface area contributed by atoms with Gasteiger partial charge in [-0.1, -0.05) is 12.2 Å². The summed E-state index contributed by atoms with van der Waals surface area (Å²) in [5, 5.41) is 13.9. The molecule has 0 fully saturated rings. The van der Waals surface area contributed by atoms with Crippen LogP contribution in [0.3, 0.4) is 0 Å². The van der Waals surface area contributed by atoms with E-state index in [4.69, 9.17) is 4.74 Å². The van der Waals surface area contributed by atoms with Crippen LogP contribution < -0.4 is 15.4 Å². The number of aromatic nitrogens is 3. The third kappa shape index (κ3) is 5.18. The van der Waals surface area contributed by atoms with Gasteiger partial charge in [0.25, 0.3) is 0 Å². The highest BCUT2D eigenvalue weighted by Gasteiger charge is 2.12. The molecule has 1 aromatic heterocycles. The maximum Gasteiger partial charge on any atom is 0.191 e. The Kier molecular flexibility index (Phi) is 7.23. The molecular formula is C17H23IN6O. The lowest BCUT2D eigenvalue weighted by molar-refractivity contribution is 0.415. The fraction of sp³-hybridized carbons (Fsp3) is 0.353. The Morgan fingerprint density at radius 1 is 1.28 bits per heavy atom. The van der Waals surface area contributed by atoms with E-state index in [1.165, 1.54) is 0 Å². The first-order chi connectivity index (χ1) is 11.8. The molecule has 134 valence electrons. The number of halogens is 1. The number of nitrogens with zero attached hydrogens (tertiary/aromatic N) is 3. The van der Waals surface area contributed by atoms with Crippen LogP contribution in [0.1, 0.15) is 18.7 Å². The van der Waals surface area contributed by atoms with Crippen LogP contribution in [0.4, 0.5) is 0 Å². The van der Waals surface area contributed by atoms with E-state index in [2.05, 4.69) is 43.0 Å². The lowest BCUT2D eigenvalue weighted by atomic mass is 10.2. The fourth-order valence-corrected chi connectivity index (χ4v) is 2.53. The van der Waals surface area contributed by atoms with Gasteiger partial charge in [-0.15, -0.1) is 24.0 Å². The predicted octanol–water partition coefficient (Wildman–Crippen LogP) is 2.48. The number of aromatic amines is 1. The molecule has 25 heavy (non-hydrogen) atoms. The molecule has 0 unspecified atom stereocenters. The first kappa shape index (κ1) is 19.2. The van der Waals surface area contributed by atoms with E-state index >= 15 is 0 Å². The largest absolute Gasteiger partial charge is 0.497 e. The summed E-state index contributed by atoms with van der Waals surface area (Å²) >= 11 is 0. The standard InChI is InChI=1S/C17H22N6O.HI/c1-18-17(20-13-5-3-4-6-13)19-11-15-21-16(23-22-15)12-7-9-14(24-2)10-8-12;/h3-4,7-10,13H,5-6,11H2,1-2H3,(H2,18,19,20)(H,21,22,23);1H. The molecule has 0 bridgehead atoms. The van der Waals surface area contributed by atoms with Crippen LogP contribution in [-0.2, 0) is 6.54 Å². The molecule has 1 aliphatic rings. The Hall–Kier alpha value is -2.10. The van der Waals surface area contributed by atoms with Crippen molar-refractivity contribution in [2.24, 2.45) is 4.99 Å². The molecule has 0 saturated heterocycles. The highest BCUT2D eigenvalue weighted by atomic mass is 127. The minimum Gasteiger partial charge on any atom is -0.497 e. The van der Waals surface area contributed by atoms with E-state index in [1.54, 1.807) is 14.2 Å². The fourth-order valence-electron chi connectivity index (χ4n) is 2.53. The molecule has 1 aliphatic carbocycles. The summed E-state index contributed by atoms with van der Waals surface area (Å²) in [6.07, 6.45) is 6.43. The van der Waals surface area contributed by atoms with Crippen molar-refractivity contribution in [3.63, 3.8) is 0 Å². The Bertz CT molecular complexity index is 717. The van der Waals surface area contributed by atoms with Crippen LogP contribution in [0, 0.1) is 0 Å². The summed E-state index contributed by atoms with van der Waals surface area (Å²) in [5.74, 6) is 3.00. The highest BCUT2D eigenvalue weighted by molar-refractivity contribution is 14.0. The molecule has 0 amide bonds. The zero-order chi connectivity index (χ0) is 16.8. The maximum absolute atomic E-state index is 5.16. The van der Waals surface area contributed by atoms with Crippen LogP contribution in [0.25, 0.3) is 11.4 Å². The topological polar surface area (TPSA) is 87.2 Å². The van der Waals surface area contributed by atoms with Crippen LogP contribution in [0.2, 0.25) is 0 Å². The molecule has 7 nitrogen and oxygen atoms in total. The van der Waals surface area contributed by atoms with Crippen molar-refractivity contribution >= 4 is 29.9 Å². The van der Waals surface area contributed by atoms with Crippen molar-refractivity contribution in [2.45, 2.75) is 25.4 Å². The number of hydrogen-bond donors (Lipinski definition) is 3. The van der Waals surface area contributed by atoms with Crippen molar-refractivity contribution in [3.8, 4) is 17.1 Å². The van der Waals surface area contributed by atoms with Gasteiger partial charge in [-0.3, -0.25) is 10.1 Å². The zero-order valence-corrected chi connectivity index (χ0v) is 16.7. The molecule has 0 radical (unpaired) electrons. The van der Waals surface area contributed by atoms with E-state index in [0.29, 0.717) is 18.4 Å². The molecule has 1 heterocycles. The van der Waals surface area contributed by atoms with Crippen LogP contribution in [0.15, 0.2) is 41.4 Å². The number of rotatable bonds is 5. The van der Waals surface area contributed by atoms with E-state index in [1.807, 2.05) is 24.3 Å². The molecule has 0 spiro atoms. The molecule has 0 aliphatic heterocycles. The van der Waals surface area contributed by atoms with Crippen LogP contribution in [-0.4, -0.2) is 41.3 Å². The minimum atomic E-state index is 0. The summed E-state index contributed by atoms with van der Waals surface area (Å²) in [4.78, 5) is 8.75. The highest BCUT2D eigenvalue weighted by Crippen LogP contribution is 2.18. The summed E-state index contributed by atoms with van der Waals surface area (Å²) < 4.78 is 5.16. The van der Waals surface area contributed by atoms with Crippen molar-refractivity contribution in [1.82, 2.24) is 25.8 Å². The van der Waals surface area contributed by atoms with E-state index in [0.717, 1.165) is 35.9 Å². The van der Waals surface area contributed by atoms with E-state index in [-0.39, 0.29) is 24.0 Å². The first-order valence-corrected chi connectivity index (χ1v) is 7.96. The molecule has 0 atom stereocenters. The SMILES string of the molecule is CN=C(NCc1nc(-c2ccc(OC)cc2)n[nH]1)NC1CC=CC1.I. The smallest absolute Gasteiger partial charge is 0.191 e. The minimum absolute atomic E-state index is 0. The van der Waals surface area contributed by atoms with Crippen LogP contribution in [0.5, 0.6) is 5.75 Å². The number of methoxy groups -OCH3 is 1. The number of hydrogen-bond acceptors (Lipinski definition) is 4. The summed E-state index contributed by atoms with van der Waals surface area (Å²) in [6.45, 7) is 0.531. The Morgan fingerprint density at radius 2 is 2.00 bits per heavy atom. The number of aliphatic imine (C=N–C) groups is 1. The van der Waals surface area contributed by atoms with Crippen molar-refractivity contribution in [2.75, 3.05) is 14.2 Å². The molecule has 1 aromatic carbocycles. The quantitative estimate of drug-likeness (QED) is 0.280. The van der Waals surface area contributed by atoms with Crippen LogP contribution >= 0.6 is 24.0 Å². The van der Waals surface area contributed by atoms with Gasteiger partial charge in [0.1, 0.15) is 11.6 Å². The van der Waals surface area contributed by atoms with Gasteiger partial charge < -0.3 is 15.4 Å². The van der Waals surface area contributed by atoms with Gasteiger partial charge in [0.05, 0.1) is 13.7 Å².